The Hall–Kier alpha value is -2.34. The van der Waals surface area contributed by atoms with Gasteiger partial charge in [0.2, 0.25) is 0 Å². The summed E-state index contributed by atoms with van der Waals surface area (Å²) in [6.07, 6.45) is 0.573. The number of isothiocyanates is 1. The smallest absolute Gasteiger partial charge is 0.142 e. The number of thiocarbonyl (C=S) groups is 1. The molecule has 0 amide bonds. The van der Waals surface area contributed by atoms with Crippen molar-refractivity contribution < 1.29 is 8.78 Å². The number of hydrogen-bond donors (Lipinski definition) is 0. The quantitative estimate of drug-likeness (QED) is 0.446. The van der Waals surface area contributed by atoms with Crippen LogP contribution in [-0.2, 0) is 6.42 Å². The first-order chi connectivity index (χ1) is 10.1. The Balaban J connectivity index is 2.32. The molecule has 0 radical (unpaired) electrons. The van der Waals surface area contributed by atoms with Crippen LogP contribution in [0.5, 0.6) is 0 Å². The fourth-order valence-electron chi connectivity index (χ4n) is 1.76. The van der Waals surface area contributed by atoms with Crippen LogP contribution < -0.4 is 0 Å². The predicted octanol–water partition coefficient (Wildman–Crippen LogP) is 4.66. The average Bonchev–Trinajstić information content (AvgIpc) is 2.48. The van der Waals surface area contributed by atoms with Gasteiger partial charge in [0.15, 0.2) is 0 Å². The Morgan fingerprint density at radius 2 is 1.67 bits per heavy atom. The van der Waals surface area contributed by atoms with E-state index in [-0.39, 0.29) is 5.56 Å². The molecule has 21 heavy (non-hydrogen) atoms. The maximum absolute atomic E-state index is 13.8. The molecule has 2 aromatic rings. The highest BCUT2D eigenvalue weighted by atomic mass is 32.1. The molecule has 0 aliphatic heterocycles. The lowest BCUT2D eigenvalue weighted by atomic mass is 10.1. The van der Waals surface area contributed by atoms with Crippen LogP contribution in [0, 0.1) is 23.5 Å². The van der Waals surface area contributed by atoms with Gasteiger partial charge in [0.05, 0.1) is 16.4 Å². The van der Waals surface area contributed by atoms with E-state index in [1.807, 2.05) is 6.92 Å². The molecule has 0 aliphatic carbocycles. The first-order valence-electron chi connectivity index (χ1n) is 6.32. The summed E-state index contributed by atoms with van der Waals surface area (Å²) in [5.41, 5.74) is 1.68. The van der Waals surface area contributed by atoms with Crippen LogP contribution in [0.3, 0.4) is 0 Å². The van der Waals surface area contributed by atoms with E-state index in [0.717, 1.165) is 0 Å². The van der Waals surface area contributed by atoms with Crippen molar-refractivity contribution in [2.24, 2.45) is 4.99 Å². The lowest BCUT2D eigenvalue weighted by Gasteiger charge is -2.01. The van der Waals surface area contributed by atoms with Gasteiger partial charge >= 0.3 is 0 Å². The number of nitrogens with zero attached hydrogens (tertiary/aromatic N) is 1. The van der Waals surface area contributed by atoms with Crippen molar-refractivity contribution in [3.63, 3.8) is 0 Å². The number of benzene rings is 2. The molecule has 0 saturated carbocycles. The normalized spacial score (nSPS) is 9.48. The third-order valence-corrected chi connectivity index (χ3v) is 2.98. The Labute approximate surface area is 127 Å². The Morgan fingerprint density at radius 3 is 2.19 bits per heavy atom. The molecule has 2 rings (SSSR count). The van der Waals surface area contributed by atoms with Gasteiger partial charge in [-0.05, 0) is 60.6 Å². The molecule has 2 aromatic carbocycles. The van der Waals surface area contributed by atoms with E-state index in [9.17, 15) is 8.78 Å². The van der Waals surface area contributed by atoms with Crippen molar-refractivity contribution in [3.05, 3.63) is 64.7 Å². The third-order valence-electron chi connectivity index (χ3n) is 2.88. The molecular formula is C17H11F2NS. The highest BCUT2D eigenvalue weighted by molar-refractivity contribution is 7.78. The highest BCUT2D eigenvalue weighted by Gasteiger charge is 2.08. The molecule has 0 aromatic heterocycles. The van der Waals surface area contributed by atoms with Gasteiger partial charge in [0.1, 0.15) is 11.6 Å². The fourth-order valence-corrected chi connectivity index (χ4v) is 1.86. The molecular weight excluding hydrogens is 288 g/mol. The van der Waals surface area contributed by atoms with E-state index in [1.165, 1.54) is 12.1 Å². The summed E-state index contributed by atoms with van der Waals surface area (Å²) in [4.78, 5) is 3.81. The fraction of sp³-hybridized carbons (Fsp3) is 0.118. The summed E-state index contributed by atoms with van der Waals surface area (Å²) >= 11 is 4.50. The molecule has 4 heteroatoms. The number of hydrogen-bond acceptors (Lipinski definition) is 2. The first kappa shape index (κ1) is 15.1. The van der Waals surface area contributed by atoms with Gasteiger partial charge in [-0.1, -0.05) is 18.8 Å². The molecule has 0 bridgehead atoms. The summed E-state index contributed by atoms with van der Waals surface area (Å²) in [7, 11) is 0. The Bertz CT molecular complexity index is 741. The summed E-state index contributed by atoms with van der Waals surface area (Å²) in [6.45, 7) is 1.84. The SMILES string of the molecule is CCc1cc(F)c(C#Cc2ccc(N=C=S)cc2)c(F)c1. The van der Waals surface area contributed by atoms with Crippen LogP contribution >= 0.6 is 12.2 Å². The largest absolute Gasteiger partial charge is 0.206 e. The van der Waals surface area contributed by atoms with E-state index in [0.29, 0.717) is 23.2 Å². The van der Waals surface area contributed by atoms with Gasteiger partial charge in [0, 0.05) is 5.56 Å². The van der Waals surface area contributed by atoms with E-state index >= 15 is 0 Å². The second-order valence-electron chi connectivity index (χ2n) is 4.29. The summed E-state index contributed by atoms with van der Waals surface area (Å²) in [5, 5.41) is 2.26. The maximum Gasteiger partial charge on any atom is 0.142 e. The predicted molar refractivity (Wildman–Crippen MR) is 82.8 cm³/mol. The summed E-state index contributed by atoms with van der Waals surface area (Å²) in [5.74, 6) is 3.99. The van der Waals surface area contributed by atoms with Crippen molar-refractivity contribution in [2.45, 2.75) is 13.3 Å². The first-order valence-corrected chi connectivity index (χ1v) is 6.72. The lowest BCUT2D eigenvalue weighted by Crippen LogP contribution is -1.93. The molecule has 0 spiro atoms. The molecule has 0 fully saturated rings. The maximum atomic E-state index is 13.8. The van der Waals surface area contributed by atoms with Crippen molar-refractivity contribution in [1.29, 1.82) is 0 Å². The molecule has 104 valence electrons. The third kappa shape index (κ3) is 3.82. The van der Waals surface area contributed by atoms with Crippen molar-refractivity contribution in [3.8, 4) is 11.8 Å². The minimum absolute atomic E-state index is 0.215. The average molecular weight is 299 g/mol. The van der Waals surface area contributed by atoms with Crippen molar-refractivity contribution in [2.75, 3.05) is 0 Å². The zero-order chi connectivity index (χ0) is 15.2. The Kier molecular flexibility index (Phi) is 4.94. The van der Waals surface area contributed by atoms with E-state index in [4.69, 9.17) is 0 Å². The molecule has 1 nitrogen and oxygen atoms in total. The van der Waals surface area contributed by atoms with Crippen LogP contribution in [0.2, 0.25) is 0 Å². The van der Waals surface area contributed by atoms with Crippen LogP contribution in [0.25, 0.3) is 0 Å². The second kappa shape index (κ2) is 6.90. The Morgan fingerprint density at radius 1 is 1.05 bits per heavy atom. The van der Waals surface area contributed by atoms with E-state index < -0.39 is 11.6 Å². The summed E-state index contributed by atoms with van der Waals surface area (Å²) < 4.78 is 27.6. The van der Waals surface area contributed by atoms with Crippen LogP contribution in [-0.4, -0.2) is 5.16 Å². The zero-order valence-electron chi connectivity index (χ0n) is 11.3. The number of aliphatic imine (C=N–C) groups is 1. The van der Waals surface area contributed by atoms with Crippen LogP contribution in [0.1, 0.15) is 23.6 Å². The van der Waals surface area contributed by atoms with Gasteiger partial charge in [-0.15, -0.1) is 0 Å². The van der Waals surface area contributed by atoms with Gasteiger partial charge in [-0.25, -0.2) is 8.78 Å². The van der Waals surface area contributed by atoms with E-state index in [2.05, 4.69) is 34.2 Å². The van der Waals surface area contributed by atoms with Crippen LogP contribution in [0.4, 0.5) is 14.5 Å². The van der Waals surface area contributed by atoms with Gasteiger partial charge < -0.3 is 0 Å². The van der Waals surface area contributed by atoms with Gasteiger partial charge in [-0.2, -0.15) is 4.99 Å². The van der Waals surface area contributed by atoms with Crippen LogP contribution in [0.15, 0.2) is 41.4 Å². The van der Waals surface area contributed by atoms with E-state index in [1.54, 1.807) is 24.3 Å². The zero-order valence-corrected chi connectivity index (χ0v) is 12.1. The highest BCUT2D eigenvalue weighted by Crippen LogP contribution is 2.16. The molecule has 0 saturated heterocycles. The van der Waals surface area contributed by atoms with Gasteiger partial charge in [-0.3, -0.25) is 0 Å². The minimum atomic E-state index is -0.638. The molecule has 0 N–H and O–H groups in total. The second-order valence-corrected chi connectivity index (χ2v) is 4.47. The van der Waals surface area contributed by atoms with Crippen molar-refractivity contribution in [1.82, 2.24) is 0 Å². The molecule has 0 unspecified atom stereocenters. The van der Waals surface area contributed by atoms with Gasteiger partial charge in [0.25, 0.3) is 0 Å². The number of halogens is 2. The minimum Gasteiger partial charge on any atom is -0.206 e. The topological polar surface area (TPSA) is 12.4 Å². The summed E-state index contributed by atoms with van der Waals surface area (Å²) in [6, 6.07) is 9.44. The standard InChI is InChI=1S/C17H11F2NS/c1-2-12-9-16(18)15(17(19)10-12)8-5-13-3-6-14(7-4-13)20-11-21/h3-4,6-7,9-10H,2H2,1H3. The molecule has 0 aliphatic rings. The molecule has 0 heterocycles. The number of rotatable bonds is 2. The number of aryl methyl sites for hydroxylation is 1. The molecule has 0 atom stereocenters. The van der Waals surface area contributed by atoms with Crippen molar-refractivity contribution >= 4 is 23.1 Å². The lowest BCUT2D eigenvalue weighted by molar-refractivity contribution is 0.574. The monoisotopic (exact) mass is 299 g/mol.